The Morgan fingerprint density at radius 1 is 0.638 bits per heavy atom. The number of amides is 1. The Labute approximate surface area is 404 Å². The number of aliphatic hydroxyl groups is 1. The van der Waals surface area contributed by atoms with E-state index in [0.717, 1.165) is 99.7 Å². The number of carbonyl (C=O) groups is 1. The minimum Gasteiger partial charge on any atom is -0.376 e. The third-order valence-corrected chi connectivity index (χ3v) is 17.4. The lowest BCUT2D eigenvalue weighted by Gasteiger charge is -2.41. The average molecular weight is 915 g/mol. The summed E-state index contributed by atoms with van der Waals surface area (Å²) in [7, 11) is 0. The Morgan fingerprint density at radius 3 is 1.74 bits per heavy atom. The van der Waals surface area contributed by atoms with Crippen LogP contribution in [0.1, 0.15) is 88.0 Å². The van der Waals surface area contributed by atoms with Crippen molar-refractivity contribution in [3.8, 4) is 22.3 Å². The van der Waals surface area contributed by atoms with E-state index in [1.165, 1.54) is 10.8 Å². The highest BCUT2D eigenvalue weighted by Gasteiger charge is 2.86. The highest BCUT2D eigenvalue weighted by Crippen LogP contribution is 2.81. The molecule has 14 rings (SSSR count). The molecule has 3 aliphatic heterocycles. The summed E-state index contributed by atoms with van der Waals surface area (Å²) in [4.78, 5) is 41.7. The molecule has 4 unspecified atom stereocenters. The molecular weight excluding hydrogens is 853 g/mol. The van der Waals surface area contributed by atoms with Crippen LogP contribution in [0, 0.1) is 29.6 Å². The number of likely N-dealkylation sites (N-methyl/N-ethyl adjacent to an activating group) is 2. The molecule has 2 bridgehead atoms. The van der Waals surface area contributed by atoms with Crippen LogP contribution in [0.4, 0.5) is 0 Å². The van der Waals surface area contributed by atoms with Gasteiger partial charge in [0.2, 0.25) is 5.91 Å². The van der Waals surface area contributed by atoms with Gasteiger partial charge in [-0.3, -0.25) is 19.5 Å². The molecule has 2 aromatic heterocycles. The molecule has 0 radical (unpaired) electrons. The Hall–Kier alpha value is -6.17. The number of carbonyl (C=O) groups excluding carboxylic acids is 1. The number of imidazole rings is 2. The van der Waals surface area contributed by atoms with Crippen molar-refractivity contribution in [2.45, 2.75) is 83.5 Å². The third-order valence-electron chi connectivity index (χ3n) is 17.4. The highest BCUT2D eigenvalue weighted by atomic mass is 16.3. The van der Waals surface area contributed by atoms with Crippen LogP contribution in [-0.4, -0.2) is 95.0 Å². The van der Waals surface area contributed by atoms with Gasteiger partial charge in [-0.2, -0.15) is 0 Å². The summed E-state index contributed by atoms with van der Waals surface area (Å²) in [6.45, 7) is 14.4. The molecule has 69 heavy (non-hydrogen) atoms. The van der Waals surface area contributed by atoms with Gasteiger partial charge in [-0.15, -0.1) is 0 Å². The predicted molar refractivity (Wildman–Crippen MR) is 274 cm³/mol. The minimum atomic E-state index is -0.658. The SMILES string of the molecule is CCN(CC)[C@H](c1ccccc1)C(O)N1[C@@H]2[C@H](C)[C@@H]2C[C@H]1c1nc2ccc(-c3ccc4cc(-c5ccc6nc([C@@H]7C8C9C([C@H]98)N7C(=O)[C@@H](c7ccccc7)N(CC)CC)[nH]c6c5)ccc4c3)cc2[nH]1. The molecule has 10 nitrogen and oxygen atoms in total. The van der Waals surface area contributed by atoms with Crippen molar-refractivity contribution >= 4 is 38.7 Å². The van der Waals surface area contributed by atoms with Gasteiger partial charge in [0.25, 0.3) is 0 Å². The minimum absolute atomic E-state index is 0.0111. The van der Waals surface area contributed by atoms with E-state index in [1.54, 1.807) is 0 Å². The lowest BCUT2D eigenvalue weighted by Crippen LogP contribution is -2.48. The maximum absolute atomic E-state index is 14.7. The number of aliphatic hydroxyl groups excluding tert-OH is 1. The maximum atomic E-state index is 14.7. The molecule has 8 aromatic rings. The molecule has 0 spiro atoms. The topological polar surface area (TPSA) is 108 Å². The first-order chi connectivity index (χ1) is 33.8. The van der Waals surface area contributed by atoms with Gasteiger partial charge < -0.3 is 20.0 Å². The van der Waals surface area contributed by atoms with E-state index in [-0.39, 0.29) is 30.1 Å². The Bertz CT molecular complexity index is 3220. The molecule has 3 N–H and O–H groups in total. The number of hydrogen-bond acceptors (Lipinski definition) is 7. The molecule has 1 amide bonds. The van der Waals surface area contributed by atoms with Crippen molar-refractivity contribution in [1.29, 1.82) is 0 Å². The zero-order chi connectivity index (χ0) is 46.8. The number of fused-ring (bicyclic) bond motifs is 5. The van der Waals surface area contributed by atoms with Crippen molar-refractivity contribution < 1.29 is 9.90 Å². The van der Waals surface area contributed by atoms with E-state index < -0.39 is 6.23 Å². The van der Waals surface area contributed by atoms with E-state index in [4.69, 9.17) is 9.97 Å². The Kier molecular flexibility index (Phi) is 10.2. The van der Waals surface area contributed by atoms with Crippen LogP contribution in [-0.2, 0) is 4.79 Å². The smallest absolute Gasteiger partial charge is 0.245 e. The number of aromatic nitrogens is 4. The fourth-order valence-corrected chi connectivity index (χ4v) is 13.6. The summed E-state index contributed by atoms with van der Waals surface area (Å²) in [6, 6.07) is 47.7. The van der Waals surface area contributed by atoms with Crippen molar-refractivity contribution in [2.75, 3.05) is 26.2 Å². The summed E-state index contributed by atoms with van der Waals surface area (Å²) in [5, 5.41) is 14.8. The number of hydrogen-bond donors (Lipinski definition) is 3. The molecule has 6 fully saturated rings. The van der Waals surface area contributed by atoms with Gasteiger partial charge in [0, 0.05) is 12.1 Å². The number of piperidine rings is 2. The molecule has 3 saturated carbocycles. The average Bonchev–Trinajstić information content (AvgIpc) is 4.10. The lowest BCUT2D eigenvalue weighted by atomic mass is 9.97. The Morgan fingerprint density at radius 2 is 1.16 bits per heavy atom. The van der Waals surface area contributed by atoms with Crippen LogP contribution in [0.2, 0.25) is 0 Å². The van der Waals surface area contributed by atoms with Crippen molar-refractivity contribution in [2.24, 2.45) is 29.6 Å². The van der Waals surface area contributed by atoms with Crippen LogP contribution in [0.25, 0.3) is 55.1 Å². The van der Waals surface area contributed by atoms with E-state index in [0.29, 0.717) is 41.7 Å². The van der Waals surface area contributed by atoms with E-state index in [2.05, 4.69) is 179 Å². The van der Waals surface area contributed by atoms with Crippen molar-refractivity contribution in [1.82, 2.24) is 39.5 Å². The predicted octanol–water partition coefficient (Wildman–Crippen LogP) is 10.9. The molecule has 12 atom stereocenters. The second kappa shape index (κ2) is 16.5. The number of rotatable bonds is 15. The largest absolute Gasteiger partial charge is 0.376 e. The monoisotopic (exact) mass is 914 g/mol. The van der Waals surface area contributed by atoms with Crippen LogP contribution in [0.3, 0.4) is 0 Å². The lowest BCUT2D eigenvalue weighted by molar-refractivity contribution is -0.138. The third kappa shape index (κ3) is 6.84. The molecule has 10 heteroatoms. The summed E-state index contributed by atoms with van der Waals surface area (Å²) in [5.41, 5.74) is 10.7. The number of nitrogens with zero attached hydrogens (tertiary/aromatic N) is 6. The molecule has 3 aliphatic carbocycles. The summed E-state index contributed by atoms with van der Waals surface area (Å²) >= 11 is 0. The fourth-order valence-electron chi connectivity index (χ4n) is 13.6. The first-order valence-corrected chi connectivity index (χ1v) is 25.7. The second-order valence-corrected chi connectivity index (χ2v) is 20.6. The normalized spacial score (nSPS) is 26.8. The Balaban J connectivity index is 0.746. The molecular formula is C59H62N8O2. The van der Waals surface area contributed by atoms with E-state index in [1.807, 2.05) is 18.2 Å². The maximum Gasteiger partial charge on any atom is 0.245 e. The van der Waals surface area contributed by atoms with Gasteiger partial charge in [0.1, 0.15) is 23.9 Å². The van der Waals surface area contributed by atoms with Gasteiger partial charge in [0.15, 0.2) is 0 Å². The van der Waals surface area contributed by atoms with Gasteiger partial charge >= 0.3 is 0 Å². The first kappa shape index (κ1) is 42.9. The van der Waals surface area contributed by atoms with Crippen LogP contribution in [0.5, 0.6) is 0 Å². The quantitative estimate of drug-likeness (QED) is 0.0940. The van der Waals surface area contributed by atoms with Crippen molar-refractivity contribution in [3.05, 3.63) is 156 Å². The van der Waals surface area contributed by atoms with Crippen LogP contribution >= 0.6 is 0 Å². The molecule has 6 aliphatic rings. The van der Waals surface area contributed by atoms with Gasteiger partial charge in [-0.05, 0) is 143 Å². The van der Waals surface area contributed by atoms with Crippen molar-refractivity contribution in [3.63, 3.8) is 0 Å². The zero-order valence-electron chi connectivity index (χ0n) is 40.2. The van der Waals surface area contributed by atoms with Gasteiger partial charge in [-0.1, -0.05) is 132 Å². The van der Waals surface area contributed by atoms with Gasteiger partial charge in [-0.25, -0.2) is 9.97 Å². The van der Waals surface area contributed by atoms with E-state index >= 15 is 0 Å². The summed E-state index contributed by atoms with van der Waals surface area (Å²) < 4.78 is 0. The molecule has 350 valence electrons. The number of likely N-dealkylation sites (tertiary alicyclic amines) is 1. The van der Waals surface area contributed by atoms with Crippen LogP contribution < -0.4 is 0 Å². The van der Waals surface area contributed by atoms with E-state index in [9.17, 15) is 9.90 Å². The first-order valence-electron chi connectivity index (χ1n) is 25.7. The standard InChI is InChI=1S/C59H62N8O2/c1-6-64(7-2)52(34-16-12-10-13-17-34)58(68)66-47(32-42-33(5)51(42)66)56-60-43-26-24-40(30-45(43)62-56)38-22-20-37-29-39(23-21-36(37)28-38)41-25-27-44-46(31-41)63-57(61-44)55-50-48-49(50)54(48)67(55)59(69)53(65(8-3)9-4)35-18-14-11-15-19-35/h10-31,33,42,47-55,58,68H,6-9,32H2,1-5H3,(H,60,62)(H,61,63)/t33-,42+,47+,48-,49?,50?,51-,52-,53-,54?,55+,58?/m1/s1. The summed E-state index contributed by atoms with van der Waals surface area (Å²) in [5.74, 6) is 4.95. The number of benzene rings is 6. The number of nitrogens with one attached hydrogen (secondary N) is 2. The zero-order valence-corrected chi connectivity index (χ0v) is 40.2. The highest BCUT2D eigenvalue weighted by molar-refractivity contribution is 5.93. The second-order valence-electron chi connectivity index (χ2n) is 20.6. The summed E-state index contributed by atoms with van der Waals surface area (Å²) in [6.07, 6.45) is 0.337. The van der Waals surface area contributed by atoms with Crippen LogP contribution in [0.15, 0.2) is 133 Å². The van der Waals surface area contributed by atoms with Gasteiger partial charge in [0.05, 0.1) is 40.2 Å². The number of H-pyrrole nitrogens is 2. The molecule has 3 saturated heterocycles. The number of aromatic amines is 2. The molecule has 5 heterocycles. The molecule has 6 aromatic carbocycles. The fraction of sp³-hybridized carbons (Fsp3) is 0.373.